The number of hydrogen-bond acceptors (Lipinski definition) is 4. The second-order valence-electron chi connectivity index (χ2n) is 11.2. The van der Waals surface area contributed by atoms with Crippen molar-refractivity contribution in [2.75, 3.05) is 17.1 Å². The number of benzene rings is 3. The Morgan fingerprint density at radius 1 is 0.902 bits per heavy atom. The number of sulfonamides is 1. The number of halogens is 2. The van der Waals surface area contributed by atoms with E-state index in [4.69, 9.17) is 23.2 Å². The molecule has 3 rings (SSSR count). The van der Waals surface area contributed by atoms with Crippen molar-refractivity contribution in [3.8, 4) is 0 Å². The fraction of sp³-hybridized carbons (Fsp3) is 0.355. The summed E-state index contributed by atoms with van der Waals surface area (Å²) in [6.45, 7) is 8.63. The summed E-state index contributed by atoms with van der Waals surface area (Å²) < 4.78 is 27.2. The summed E-state index contributed by atoms with van der Waals surface area (Å²) in [7, 11) is -3.88. The summed E-state index contributed by atoms with van der Waals surface area (Å²) in [6, 6.07) is 18.6. The minimum atomic E-state index is -3.88. The molecule has 0 saturated carbocycles. The van der Waals surface area contributed by atoms with E-state index in [1.807, 2.05) is 71.0 Å². The van der Waals surface area contributed by atoms with Gasteiger partial charge in [-0.2, -0.15) is 0 Å². The Morgan fingerprint density at radius 3 is 2.05 bits per heavy atom. The van der Waals surface area contributed by atoms with Crippen LogP contribution in [0.25, 0.3) is 0 Å². The largest absolute Gasteiger partial charge is 0.350 e. The van der Waals surface area contributed by atoms with Crippen LogP contribution in [0.3, 0.4) is 0 Å². The quantitative estimate of drug-likeness (QED) is 0.305. The minimum absolute atomic E-state index is 0.100. The van der Waals surface area contributed by atoms with Gasteiger partial charge in [-0.05, 0) is 69.5 Å². The highest BCUT2D eigenvalue weighted by atomic mass is 35.5. The molecule has 2 amide bonds. The second-order valence-corrected chi connectivity index (χ2v) is 13.9. The maximum absolute atomic E-state index is 14.3. The second kappa shape index (κ2) is 13.3. The molecule has 0 aliphatic carbocycles. The number of carbonyl (C=O) groups is 2. The molecule has 0 aromatic heterocycles. The van der Waals surface area contributed by atoms with Gasteiger partial charge in [-0.25, -0.2) is 8.42 Å². The third kappa shape index (κ3) is 8.71. The van der Waals surface area contributed by atoms with Crippen molar-refractivity contribution in [3.05, 3.63) is 99.0 Å². The predicted molar refractivity (Wildman–Crippen MR) is 167 cm³/mol. The molecule has 0 unspecified atom stereocenters. The van der Waals surface area contributed by atoms with E-state index in [0.717, 1.165) is 27.3 Å². The lowest BCUT2D eigenvalue weighted by Crippen LogP contribution is -2.56. The normalized spacial score (nSPS) is 12.5. The van der Waals surface area contributed by atoms with Crippen LogP contribution in [0.1, 0.15) is 43.0 Å². The zero-order valence-electron chi connectivity index (χ0n) is 24.2. The van der Waals surface area contributed by atoms with Gasteiger partial charge in [0, 0.05) is 34.1 Å². The number of hydrogen-bond donors (Lipinski definition) is 1. The van der Waals surface area contributed by atoms with Crippen molar-refractivity contribution in [2.24, 2.45) is 0 Å². The van der Waals surface area contributed by atoms with E-state index >= 15 is 0 Å². The van der Waals surface area contributed by atoms with Crippen LogP contribution in [0.5, 0.6) is 0 Å². The van der Waals surface area contributed by atoms with Crippen LogP contribution in [0, 0.1) is 13.8 Å². The van der Waals surface area contributed by atoms with E-state index in [-0.39, 0.29) is 18.9 Å². The molecule has 0 aliphatic heterocycles. The third-order valence-corrected chi connectivity index (χ3v) is 8.52. The summed E-state index contributed by atoms with van der Waals surface area (Å²) in [4.78, 5) is 29.4. The SMILES string of the molecule is Cc1cccc(N(CC(=O)N(Cc2c(Cl)cccc2Cl)[C@H](Cc2ccccc2)C(=O)NC(C)(C)C)S(C)(=O)=O)c1C. The number of aryl methyl sites for hydroxylation is 1. The zero-order valence-corrected chi connectivity index (χ0v) is 26.6. The molecule has 0 aliphatic rings. The van der Waals surface area contributed by atoms with Gasteiger partial charge in [-0.1, -0.05) is 71.7 Å². The first-order valence-corrected chi connectivity index (χ1v) is 15.8. The topological polar surface area (TPSA) is 86.8 Å². The van der Waals surface area contributed by atoms with Crippen molar-refractivity contribution in [1.29, 1.82) is 0 Å². The first kappa shape index (κ1) is 32.4. The number of carbonyl (C=O) groups excluding carboxylic acids is 2. The van der Waals surface area contributed by atoms with Crippen LogP contribution in [-0.2, 0) is 32.6 Å². The Hall–Kier alpha value is -3.07. The van der Waals surface area contributed by atoms with E-state index in [0.29, 0.717) is 21.3 Å². The number of nitrogens with one attached hydrogen (secondary N) is 1. The molecule has 3 aromatic rings. The summed E-state index contributed by atoms with van der Waals surface area (Å²) in [6.07, 6.45) is 1.25. The van der Waals surface area contributed by atoms with Crippen LogP contribution in [-0.4, -0.2) is 49.5 Å². The van der Waals surface area contributed by atoms with E-state index in [9.17, 15) is 18.0 Å². The minimum Gasteiger partial charge on any atom is -0.350 e. The smallest absolute Gasteiger partial charge is 0.244 e. The van der Waals surface area contributed by atoms with Gasteiger partial charge in [0.05, 0.1) is 11.9 Å². The van der Waals surface area contributed by atoms with E-state index < -0.39 is 34.1 Å². The van der Waals surface area contributed by atoms with Gasteiger partial charge in [0.1, 0.15) is 12.6 Å². The van der Waals surface area contributed by atoms with Crippen LogP contribution in [0.4, 0.5) is 5.69 Å². The van der Waals surface area contributed by atoms with Crippen LogP contribution >= 0.6 is 23.2 Å². The van der Waals surface area contributed by atoms with Crippen LogP contribution in [0.15, 0.2) is 66.7 Å². The number of anilines is 1. The molecule has 0 spiro atoms. The number of nitrogens with zero attached hydrogens (tertiary/aromatic N) is 2. The molecule has 0 fully saturated rings. The molecule has 10 heteroatoms. The Labute approximate surface area is 253 Å². The lowest BCUT2D eigenvalue weighted by molar-refractivity contribution is -0.140. The molecule has 3 aromatic carbocycles. The molecule has 0 bridgehead atoms. The van der Waals surface area contributed by atoms with E-state index in [1.165, 1.54) is 4.90 Å². The Kier molecular flexibility index (Phi) is 10.5. The standard InChI is InChI=1S/C31H37Cl2N3O4S/c1-21-12-10-17-27(22(21)2)36(41(6,39)40)20-29(37)35(19-24-25(32)15-11-16-26(24)33)28(30(38)34-31(3,4)5)18-23-13-8-7-9-14-23/h7-17,28H,18-20H2,1-6H3,(H,34,38)/t28-/m1/s1. The maximum Gasteiger partial charge on any atom is 0.244 e. The first-order chi connectivity index (χ1) is 19.1. The number of rotatable bonds is 10. The maximum atomic E-state index is 14.3. The lowest BCUT2D eigenvalue weighted by Gasteiger charge is -2.35. The van der Waals surface area contributed by atoms with E-state index in [1.54, 1.807) is 30.3 Å². The molecule has 1 atom stereocenters. The molecule has 0 heterocycles. The van der Waals surface area contributed by atoms with Gasteiger partial charge in [0.15, 0.2) is 0 Å². The fourth-order valence-electron chi connectivity index (χ4n) is 4.46. The third-order valence-electron chi connectivity index (χ3n) is 6.68. The average Bonchev–Trinajstić information content (AvgIpc) is 2.87. The van der Waals surface area contributed by atoms with Gasteiger partial charge in [-0.3, -0.25) is 13.9 Å². The Balaban J connectivity index is 2.15. The van der Waals surface area contributed by atoms with Crippen molar-refractivity contribution in [2.45, 2.75) is 59.2 Å². The van der Waals surface area contributed by atoms with Gasteiger partial charge in [-0.15, -0.1) is 0 Å². The molecular weight excluding hydrogens is 581 g/mol. The predicted octanol–water partition coefficient (Wildman–Crippen LogP) is 5.93. The molecule has 220 valence electrons. The van der Waals surface area contributed by atoms with Gasteiger partial charge < -0.3 is 10.2 Å². The van der Waals surface area contributed by atoms with Crippen LogP contribution in [0.2, 0.25) is 10.0 Å². The van der Waals surface area contributed by atoms with Gasteiger partial charge >= 0.3 is 0 Å². The highest BCUT2D eigenvalue weighted by molar-refractivity contribution is 7.92. The average molecular weight is 619 g/mol. The van der Waals surface area contributed by atoms with Crippen molar-refractivity contribution in [1.82, 2.24) is 10.2 Å². The summed E-state index contributed by atoms with van der Waals surface area (Å²) in [5.74, 6) is -0.951. The molecule has 7 nitrogen and oxygen atoms in total. The van der Waals surface area contributed by atoms with Crippen LogP contribution < -0.4 is 9.62 Å². The Morgan fingerprint density at radius 2 is 1.49 bits per heavy atom. The fourth-order valence-corrected chi connectivity index (χ4v) is 5.88. The molecule has 1 N–H and O–H groups in total. The van der Waals surface area contributed by atoms with Gasteiger partial charge in [0.2, 0.25) is 21.8 Å². The van der Waals surface area contributed by atoms with Crippen molar-refractivity contribution in [3.63, 3.8) is 0 Å². The molecular formula is C31H37Cl2N3O4S. The monoisotopic (exact) mass is 617 g/mol. The summed E-state index contributed by atoms with van der Waals surface area (Å²) in [5, 5.41) is 3.66. The van der Waals surface area contributed by atoms with E-state index in [2.05, 4.69) is 5.32 Å². The molecule has 0 radical (unpaired) electrons. The highest BCUT2D eigenvalue weighted by Crippen LogP contribution is 2.29. The molecule has 41 heavy (non-hydrogen) atoms. The first-order valence-electron chi connectivity index (χ1n) is 13.2. The zero-order chi connectivity index (χ0) is 30.5. The summed E-state index contributed by atoms with van der Waals surface area (Å²) >= 11 is 13.0. The summed E-state index contributed by atoms with van der Waals surface area (Å²) in [5.41, 5.74) is 2.73. The van der Waals surface area contributed by atoms with Crippen molar-refractivity contribution >= 4 is 50.7 Å². The Bertz CT molecular complexity index is 1490. The number of amides is 2. The highest BCUT2D eigenvalue weighted by Gasteiger charge is 2.35. The van der Waals surface area contributed by atoms with Gasteiger partial charge in [0.25, 0.3) is 0 Å². The molecule has 0 saturated heterocycles. The lowest BCUT2D eigenvalue weighted by atomic mass is 10.0. The van der Waals surface area contributed by atoms with Crippen molar-refractivity contribution < 1.29 is 18.0 Å².